The average molecular weight is 412 g/mol. The van der Waals surface area contributed by atoms with E-state index in [0.29, 0.717) is 17.9 Å². The molecule has 0 unspecified atom stereocenters. The largest absolute Gasteiger partial charge is 0.444 e. The van der Waals surface area contributed by atoms with E-state index in [4.69, 9.17) is 4.74 Å². The van der Waals surface area contributed by atoms with Crippen molar-refractivity contribution in [2.75, 3.05) is 23.7 Å². The van der Waals surface area contributed by atoms with E-state index >= 15 is 0 Å². The maximum Gasteiger partial charge on any atom is 0.410 e. The molecular weight excluding hydrogens is 382 g/mol. The first kappa shape index (κ1) is 19.1. The highest BCUT2D eigenvalue weighted by Crippen LogP contribution is 2.49. The van der Waals surface area contributed by atoms with Crippen molar-refractivity contribution in [3.63, 3.8) is 0 Å². The van der Waals surface area contributed by atoms with Gasteiger partial charge in [-0.2, -0.15) is 10.1 Å². The number of amides is 1. The van der Waals surface area contributed by atoms with Crippen LogP contribution in [0.3, 0.4) is 0 Å². The predicted octanol–water partition coefficient (Wildman–Crippen LogP) is 3.63. The molecule has 30 heavy (non-hydrogen) atoms. The van der Waals surface area contributed by atoms with Gasteiger partial charge >= 0.3 is 6.09 Å². The standard InChI is InChI=1S/C21H29N7O2/c1-20(2,3)30-19(29)28-11-21(12-28)9-14(10-21)23-18-22-7-6-16(25-18)24-17-8-15(26-27-17)13-4-5-13/h6-8,13-14H,4-5,9-12H2,1-3H3,(H3,22,23,24,25,26,27). The van der Waals surface area contributed by atoms with Crippen molar-refractivity contribution in [1.29, 1.82) is 0 Å². The molecule has 0 radical (unpaired) electrons. The van der Waals surface area contributed by atoms with Gasteiger partial charge in [-0.1, -0.05) is 0 Å². The number of likely N-dealkylation sites (tertiary alicyclic amines) is 1. The van der Waals surface area contributed by atoms with Gasteiger partial charge in [0.25, 0.3) is 0 Å². The molecule has 1 spiro atoms. The third kappa shape index (κ3) is 4.06. The van der Waals surface area contributed by atoms with Crippen LogP contribution in [-0.4, -0.2) is 55.9 Å². The molecule has 2 aliphatic carbocycles. The summed E-state index contributed by atoms with van der Waals surface area (Å²) in [5, 5.41) is 14.1. The minimum absolute atomic E-state index is 0.213. The maximum atomic E-state index is 12.1. The summed E-state index contributed by atoms with van der Waals surface area (Å²) >= 11 is 0. The SMILES string of the molecule is CC(C)(C)OC(=O)N1CC2(CC(Nc3nccc(Nc4cc(C5CC5)[nH]n4)n3)C2)C1. The minimum atomic E-state index is -0.449. The van der Waals surface area contributed by atoms with E-state index in [0.717, 1.165) is 37.6 Å². The minimum Gasteiger partial charge on any atom is -0.444 e. The van der Waals surface area contributed by atoms with Crippen LogP contribution in [-0.2, 0) is 4.74 Å². The number of carbonyl (C=O) groups is 1. The van der Waals surface area contributed by atoms with Crippen molar-refractivity contribution < 1.29 is 9.53 Å². The number of H-pyrrole nitrogens is 1. The Morgan fingerprint density at radius 3 is 2.73 bits per heavy atom. The molecule has 5 rings (SSSR count). The van der Waals surface area contributed by atoms with Crippen LogP contribution in [0.5, 0.6) is 0 Å². The smallest absolute Gasteiger partial charge is 0.410 e. The molecular formula is C21H29N7O2. The van der Waals surface area contributed by atoms with Gasteiger partial charge in [0.1, 0.15) is 11.4 Å². The number of anilines is 3. The highest BCUT2D eigenvalue weighted by molar-refractivity contribution is 5.69. The van der Waals surface area contributed by atoms with E-state index < -0.39 is 5.60 Å². The Kier molecular flexibility index (Phi) is 4.37. The third-order valence-electron chi connectivity index (χ3n) is 5.92. The lowest BCUT2D eigenvalue weighted by Gasteiger charge is -2.58. The molecule has 1 amide bonds. The summed E-state index contributed by atoms with van der Waals surface area (Å²) in [6, 6.07) is 4.21. The number of hydrogen-bond donors (Lipinski definition) is 3. The molecule has 1 aliphatic heterocycles. The Morgan fingerprint density at radius 2 is 2.03 bits per heavy atom. The molecule has 160 valence electrons. The third-order valence-corrected chi connectivity index (χ3v) is 5.92. The van der Waals surface area contributed by atoms with Crippen LogP contribution in [0.4, 0.5) is 22.4 Å². The summed E-state index contributed by atoms with van der Waals surface area (Å²) in [5.74, 6) is 2.75. The number of hydrogen-bond acceptors (Lipinski definition) is 7. The van der Waals surface area contributed by atoms with Gasteiger partial charge in [0, 0.05) is 48.4 Å². The van der Waals surface area contributed by atoms with Gasteiger partial charge in [-0.15, -0.1) is 0 Å². The molecule has 3 heterocycles. The zero-order valence-electron chi connectivity index (χ0n) is 17.7. The molecule has 3 aliphatic rings. The van der Waals surface area contributed by atoms with E-state index in [1.165, 1.54) is 18.5 Å². The van der Waals surface area contributed by atoms with E-state index in [1.807, 2.05) is 26.8 Å². The number of ether oxygens (including phenoxy) is 1. The summed E-state index contributed by atoms with van der Waals surface area (Å²) in [7, 11) is 0. The number of nitrogens with one attached hydrogen (secondary N) is 3. The van der Waals surface area contributed by atoms with E-state index in [1.54, 1.807) is 11.1 Å². The topological polar surface area (TPSA) is 108 Å². The van der Waals surface area contributed by atoms with Crippen molar-refractivity contribution in [3.8, 4) is 0 Å². The second-order valence-electron chi connectivity index (χ2n) is 9.96. The number of nitrogens with zero attached hydrogens (tertiary/aromatic N) is 4. The van der Waals surface area contributed by atoms with Gasteiger partial charge in [0.05, 0.1) is 0 Å². The van der Waals surface area contributed by atoms with Gasteiger partial charge in [0.2, 0.25) is 5.95 Å². The molecule has 3 fully saturated rings. The summed E-state index contributed by atoms with van der Waals surface area (Å²) in [6.45, 7) is 7.22. The van der Waals surface area contributed by atoms with E-state index in [2.05, 4.69) is 36.9 Å². The lowest BCUT2D eigenvalue weighted by atomic mass is 9.61. The average Bonchev–Trinajstić information content (AvgIpc) is 3.34. The lowest BCUT2D eigenvalue weighted by Crippen LogP contribution is -2.66. The second-order valence-corrected chi connectivity index (χ2v) is 9.96. The zero-order chi connectivity index (χ0) is 20.9. The normalized spacial score (nSPS) is 20.4. The quantitative estimate of drug-likeness (QED) is 0.689. The molecule has 0 atom stereocenters. The lowest BCUT2D eigenvalue weighted by molar-refractivity contribution is -0.0739. The van der Waals surface area contributed by atoms with Gasteiger partial charge in [-0.05, 0) is 52.5 Å². The Hall–Kier alpha value is -2.84. The van der Waals surface area contributed by atoms with Crippen LogP contribution in [0.15, 0.2) is 18.3 Å². The van der Waals surface area contributed by atoms with Crippen molar-refractivity contribution in [3.05, 3.63) is 24.0 Å². The summed E-state index contributed by atoms with van der Waals surface area (Å²) in [4.78, 5) is 22.8. The first-order valence-corrected chi connectivity index (χ1v) is 10.7. The van der Waals surface area contributed by atoms with E-state index in [9.17, 15) is 4.79 Å². The number of aromatic amines is 1. The van der Waals surface area contributed by atoms with Gasteiger partial charge < -0.3 is 20.3 Å². The molecule has 2 saturated carbocycles. The highest BCUT2D eigenvalue weighted by Gasteiger charge is 2.54. The van der Waals surface area contributed by atoms with Crippen LogP contribution in [0.1, 0.15) is 58.1 Å². The fourth-order valence-electron chi connectivity index (χ4n) is 4.38. The maximum absolute atomic E-state index is 12.1. The molecule has 1 saturated heterocycles. The summed E-state index contributed by atoms with van der Waals surface area (Å²) < 4.78 is 5.44. The molecule has 9 heteroatoms. The Morgan fingerprint density at radius 1 is 1.27 bits per heavy atom. The zero-order valence-corrected chi connectivity index (χ0v) is 17.7. The van der Waals surface area contributed by atoms with E-state index in [-0.39, 0.29) is 11.5 Å². The second kappa shape index (κ2) is 6.85. The molecule has 0 bridgehead atoms. The first-order chi connectivity index (χ1) is 14.3. The van der Waals surface area contributed by atoms with Crippen molar-refractivity contribution in [2.24, 2.45) is 5.41 Å². The summed E-state index contributed by atoms with van der Waals surface area (Å²) in [6.07, 6.45) is 6.03. The van der Waals surface area contributed by atoms with Crippen LogP contribution in [0, 0.1) is 5.41 Å². The Labute approximate surface area is 176 Å². The van der Waals surface area contributed by atoms with Crippen molar-refractivity contribution >= 4 is 23.7 Å². The molecule has 0 aromatic carbocycles. The molecule has 2 aromatic rings. The first-order valence-electron chi connectivity index (χ1n) is 10.7. The molecule has 2 aromatic heterocycles. The van der Waals surface area contributed by atoms with Crippen LogP contribution < -0.4 is 10.6 Å². The van der Waals surface area contributed by atoms with Crippen LogP contribution >= 0.6 is 0 Å². The summed E-state index contributed by atoms with van der Waals surface area (Å²) in [5.41, 5.74) is 0.958. The van der Waals surface area contributed by atoms with Crippen molar-refractivity contribution in [2.45, 2.75) is 64.0 Å². The van der Waals surface area contributed by atoms with Crippen LogP contribution in [0.25, 0.3) is 0 Å². The number of carbonyl (C=O) groups excluding carboxylic acids is 1. The van der Waals surface area contributed by atoms with Gasteiger partial charge in [-0.25, -0.2) is 9.78 Å². The molecule has 9 nitrogen and oxygen atoms in total. The van der Waals surface area contributed by atoms with Gasteiger partial charge in [-0.3, -0.25) is 5.10 Å². The van der Waals surface area contributed by atoms with Crippen LogP contribution in [0.2, 0.25) is 0 Å². The fraction of sp³-hybridized carbons (Fsp3) is 0.619. The highest BCUT2D eigenvalue weighted by atomic mass is 16.6. The Bertz CT molecular complexity index is 933. The fourth-order valence-corrected chi connectivity index (χ4v) is 4.38. The predicted molar refractivity (Wildman–Crippen MR) is 113 cm³/mol. The number of aromatic nitrogens is 4. The monoisotopic (exact) mass is 411 g/mol. The number of rotatable bonds is 5. The Balaban J connectivity index is 1.10. The molecule has 3 N–H and O–H groups in total. The van der Waals surface area contributed by atoms with Crippen molar-refractivity contribution in [1.82, 2.24) is 25.1 Å². The van der Waals surface area contributed by atoms with Gasteiger partial charge in [0.15, 0.2) is 5.82 Å².